The maximum atomic E-state index is 12.4. The Morgan fingerprint density at radius 3 is 2.27 bits per heavy atom. The van der Waals surface area contributed by atoms with Gasteiger partial charge in [0.2, 0.25) is 15.9 Å². The first-order valence-electron chi connectivity index (χ1n) is 7.59. The number of hydrogen-bond acceptors (Lipinski definition) is 3. The topological polar surface area (TPSA) is 66.5 Å². The highest BCUT2D eigenvalue weighted by molar-refractivity contribution is 7.92. The molecule has 0 aliphatic heterocycles. The van der Waals surface area contributed by atoms with Gasteiger partial charge in [0.25, 0.3) is 0 Å². The smallest absolute Gasteiger partial charge is 0.243 e. The Morgan fingerprint density at radius 1 is 1.23 bits per heavy atom. The molecule has 0 saturated heterocycles. The Morgan fingerprint density at radius 2 is 1.82 bits per heavy atom. The first-order chi connectivity index (χ1) is 10.3. The van der Waals surface area contributed by atoms with Crippen LogP contribution in [0.4, 0.5) is 5.69 Å². The largest absolute Gasteiger partial charge is 0.354 e. The summed E-state index contributed by atoms with van der Waals surface area (Å²) in [5.74, 6) is 0.234. The van der Waals surface area contributed by atoms with Crippen LogP contribution in [0.1, 0.15) is 33.6 Å². The molecule has 1 aromatic rings. The van der Waals surface area contributed by atoms with E-state index in [9.17, 15) is 13.2 Å². The van der Waals surface area contributed by atoms with Gasteiger partial charge in [0, 0.05) is 6.54 Å². The molecule has 0 aliphatic rings. The van der Waals surface area contributed by atoms with E-state index in [1.165, 1.54) is 4.31 Å². The van der Waals surface area contributed by atoms with Crippen LogP contribution in [0.5, 0.6) is 0 Å². The average Bonchev–Trinajstić information content (AvgIpc) is 2.43. The van der Waals surface area contributed by atoms with Gasteiger partial charge in [-0.3, -0.25) is 9.10 Å². The maximum absolute atomic E-state index is 12.4. The summed E-state index contributed by atoms with van der Waals surface area (Å²) < 4.78 is 25.5. The monoisotopic (exact) mass is 326 g/mol. The van der Waals surface area contributed by atoms with E-state index in [4.69, 9.17) is 0 Å². The molecule has 0 unspecified atom stereocenters. The number of carbonyl (C=O) groups excluding carboxylic acids is 1. The fourth-order valence-electron chi connectivity index (χ4n) is 2.24. The SMILES string of the molecule is CC[C@H](C(=O)NCCC(C)C)N(c1ccccc1)S(C)(=O)=O. The van der Waals surface area contributed by atoms with Crippen molar-refractivity contribution in [2.45, 2.75) is 39.7 Å². The van der Waals surface area contributed by atoms with Crippen LogP contribution < -0.4 is 9.62 Å². The first-order valence-corrected chi connectivity index (χ1v) is 9.44. The Hall–Kier alpha value is -1.56. The van der Waals surface area contributed by atoms with Crippen molar-refractivity contribution in [2.75, 3.05) is 17.1 Å². The third-order valence-electron chi connectivity index (χ3n) is 3.36. The molecule has 0 aromatic heterocycles. The zero-order valence-corrected chi connectivity index (χ0v) is 14.6. The minimum absolute atomic E-state index is 0.252. The maximum Gasteiger partial charge on any atom is 0.243 e. The van der Waals surface area contributed by atoms with Gasteiger partial charge in [-0.05, 0) is 30.9 Å². The molecule has 0 saturated carbocycles. The van der Waals surface area contributed by atoms with Crippen molar-refractivity contribution < 1.29 is 13.2 Å². The van der Waals surface area contributed by atoms with Gasteiger partial charge >= 0.3 is 0 Å². The number of sulfonamides is 1. The second-order valence-corrected chi connectivity index (χ2v) is 7.65. The summed E-state index contributed by atoms with van der Waals surface area (Å²) in [5, 5.41) is 2.84. The van der Waals surface area contributed by atoms with Crippen LogP contribution in [-0.4, -0.2) is 33.2 Å². The van der Waals surface area contributed by atoms with Crippen molar-refractivity contribution in [3.05, 3.63) is 30.3 Å². The van der Waals surface area contributed by atoms with Crippen LogP contribution >= 0.6 is 0 Å². The quantitative estimate of drug-likeness (QED) is 0.797. The number of anilines is 1. The van der Waals surface area contributed by atoms with E-state index < -0.39 is 16.1 Å². The van der Waals surface area contributed by atoms with Gasteiger partial charge in [-0.2, -0.15) is 0 Å². The number of rotatable bonds is 8. The average molecular weight is 326 g/mol. The van der Waals surface area contributed by atoms with E-state index in [1.54, 1.807) is 24.3 Å². The zero-order valence-electron chi connectivity index (χ0n) is 13.7. The van der Waals surface area contributed by atoms with Crippen LogP contribution in [0, 0.1) is 5.92 Å². The van der Waals surface area contributed by atoms with Gasteiger partial charge in [-0.1, -0.05) is 39.0 Å². The molecule has 1 atom stereocenters. The molecule has 0 radical (unpaired) electrons. The Bertz CT molecular complexity index is 570. The van der Waals surface area contributed by atoms with E-state index >= 15 is 0 Å². The summed E-state index contributed by atoms with van der Waals surface area (Å²) in [4.78, 5) is 12.4. The molecular weight excluding hydrogens is 300 g/mol. The van der Waals surface area contributed by atoms with Crippen LogP contribution in [0.3, 0.4) is 0 Å². The number of amides is 1. The second kappa shape index (κ2) is 8.17. The summed E-state index contributed by atoms with van der Waals surface area (Å²) in [6, 6.07) is 8.00. The molecule has 5 nitrogen and oxygen atoms in total. The Labute approximate surface area is 133 Å². The van der Waals surface area contributed by atoms with Gasteiger partial charge in [0.15, 0.2) is 0 Å². The highest BCUT2D eigenvalue weighted by Gasteiger charge is 2.31. The summed E-state index contributed by atoms with van der Waals surface area (Å²) in [5.41, 5.74) is 0.510. The Kier molecular flexibility index (Phi) is 6.87. The van der Waals surface area contributed by atoms with Gasteiger partial charge < -0.3 is 5.32 Å². The lowest BCUT2D eigenvalue weighted by atomic mass is 10.1. The molecule has 0 fully saturated rings. The predicted molar refractivity (Wildman–Crippen MR) is 90.3 cm³/mol. The van der Waals surface area contributed by atoms with E-state index in [2.05, 4.69) is 19.2 Å². The van der Waals surface area contributed by atoms with E-state index in [-0.39, 0.29) is 5.91 Å². The van der Waals surface area contributed by atoms with Gasteiger partial charge in [-0.25, -0.2) is 8.42 Å². The molecule has 0 aliphatic carbocycles. The van der Waals surface area contributed by atoms with Gasteiger partial charge in [0.05, 0.1) is 11.9 Å². The summed E-state index contributed by atoms with van der Waals surface area (Å²) in [6.07, 6.45) is 2.41. The summed E-state index contributed by atoms with van der Waals surface area (Å²) in [6.45, 7) is 6.53. The third kappa shape index (κ3) is 5.33. The standard InChI is InChI=1S/C16H26N2O3S/c1-5-15(16(19)17-12-11-13(2)3)18(22(4,20)21)14-9-7-6-8-10-14/h6-10,13,15H,5,11-12H2,1-4H3,(H,17,19)/t15-/m1/s1. The van der Waals surface area contributed by atoms with Crippen molar-refractivity contribution in [1.29, 1.82) is 0 Å². The second-order valence-electron chi connectivity index (χ2n) is 5.79. The minimum atomic E-state index is -3.54. The zero-order chi connectivity index (χ0) is 16.8. The highest BCUT2D eigenvalue weighted by atomic mass is 32.2. The molecule has 6 heteroatoms. The molecule has 22 heavy (non-hydrogen) atoms. The van der Waals surface area contributed by atoms with Crippen LogP contribution in [0.2, 0.25) is 0 Å². The molecule has 0 bridgehead atoms. The predicted octanol–water partition coefficient (Wildman–Crippen LogP) is 2.39. The molecular formula is C16H26N2O3S. The lowest BCUT2D eigenvalue weighted by Gasteiger charge is -2.30. The molecule has 1 aromatic carbocycles. The van der Waals surface area contributed by atoms with E-state index in [0.717, 1.165) is 12.7 Å². The van der Waals surface area contributed by atoms with E-state index in [1.807, 2.05) is 13.0 Å². The lowest BCUT2D eigenvalue weighted by Crippen LogP contribution is -2.49. The molecule has 1 rings (SSSR count). The normalized spacial score (nSPS) is 13.0. The lowest BCUT2D eigenvalue weighted by molar-refractivity contribution is -0.122. The highest BCUT2D eigenvalue weighted by Crippen LogP contribution is 2.21. The number of carbonyl (C=O) groups is 1. The Balaban J connectivity index is 2.98. The van der Waals surface area contributed by atoms with Crippen molar-refractivity contribution in [2.24, 2.45) is 5.92 Å². The summed E-state index contributed by atoms with van der Waals surface area (Å²) in [7, 11) is -3.54. The number of para-hydroxylation sites is 1. The van der Waals surface area contributed by atoms with Gasteiger partial charge in [-0.15, -0.1) is 0 Å². The van der Waals surface area contributed by atoms with Crippen LogP contribution in [-0.2, 0) is 14.8 Å². The number of nitrogens with one attached hydrogen (secondary N) is 1. The minimum Gasteiger partial charge on any atom is -0.354 e. The van der Waals surface area contributed by atoms with Crippen molar-refractivity contribution >= 4 is 21.6 Å². The van der Waals surface area contributed by atoms with Crippen molar-refractivity contribution in [3.8, 4) is 0 Å². The van der Waals surface area contributed by atoms with E-state index in [0.29, 0.717) is 24.6 Å². The summed E-state index contributed by atoms with van der Waals surface area (Å²) >= 11 is 0. The number of nitrogens with zero attached hydrogens (tertiary/aromatic N) is 1. The first kappa shape index (κ1) is 18.5. The molecule has 1 N–H and O–H groups in total. The van der Waals surface area contributed by atoms with Crippen molar-refractivity contribution in [3.63, 3.8) is 0 Å². The molecule has 0 spiro atoms. The molecule has 124 valence electrons. The number of benzene rings is 1. The van der Waals surface area contributed by atoms with Crippen molar-refractivity contribution in [1.82, 2.24) is 5.32 Å². The fourth-order valence-corrected chi connectivity index (χ4v) is 3.45. The molecule has 1 amide bonds. The van der Waals surface area contributed by atoms with Gasteiger partial charge in [0.1, 0.15) is 6.04 Å². The molecule has 0 heterocycles. The third-order valence-corrected chi connectivity index (χ3v) is 4.54. The van der Waals surface area contributed by atoms with Crippen LogP contribution in [0.15, 0.2) is 30.3 Å². The fraction of sp³-hybridized carbons (Fsp3) is 0.562. The number of hydrogen-bond donors (Lipinski definition) is 1. The van der Waals surface area contributed by atoms with Crippen LogP contribution in [0.25, 0.3) is 0 Å².